The van der Waals surface area contributed by atoms with Crippen molar-refractivity contribution in [3.8, 4) is 0 Å². The highest BCUT2D eigenvalue weighted by atomic mass is 32.2. The lowest BCUT2D eigenvalue weighted by Crippen LogP contribution is -2.03. The lowest BCUT2D eigenvalue weighted by atomic mass is 10.2. The minimum atomic E-state index is 0.848. The van der Waals surface area contributed by atoms with Gasteiger partial charge in [-0.15, -0.1) is 10.2 Å². The van der Waals surface area contributed by atoms with Crippen molar-refractivity contribution in [3.05, 3.63) is 72.3 Å². The van der Waals surface area contributed by atoms with Gasteiger partial charge in [0, 0.05) is 30.6 Å². The average Bonchev–Trinajstić information content (AvgIpc) is 3.00. The van der Waals surface area contributed by atoms with Gasteiger partial charge in [0.1, 0.15) is 6.33 Å². The summed E-state index contributed by atoms with van der Waals surface area (Å²) in [7, 11) is 0. The zero-order valence-electron chi connectivity index (χ0n) is 11.6. The molecule has 4 nitrogen and oxygen atoms in total. The van der Waals surface area contributed by atoms with Crippen LogP contribution in [-0.4, -0.2) is 19.7 Å². The van der Waals surface area contributed by atoms with Crippen LogP contribution in [-0.2, 0) is 18.7 Å². The lowest BCUT2D eigenvalue weighted by molar-refractivity contribution is 0.626. The molecule has 0 amide bonds. The van der Waals surface area contributed by atoms with Crippen LogP contribution in [0.15, 0.2) is 66.2 Å². The minimum absolute atomic E-state index is 0.848. The lowest BCUT2D eigenvalue weighted by Gasteiger charge is -2.06. The molecule has 2 aromatic heterocycles. The number of hydrogen-bond acceptors (Lipinski definition) is 4. The summed E-state index contributed by atoms with van der Waals surface area (Å²) in [5.74, 6) is 0.906. The molecule has 106 valence electrons. The average molecular weight is 296 g/mol. The van der Waals surface area contributed by atoms with E-state index in [4.69, 9.17) is 0 Å². The van der Waals surface area contributed by atoms with E-state index >= 15 is 0 Å². The van der Waals surface area contributed by atoms with E-state index in [1.165, 1.54) is 5.56 Å². The van der Waals surface area contributed by atoms with Gasteiger partial charge in [0.2, 0.25) is 0 Å². The SMILES string of the molecule is c1ccc(CSc2nncn2CCc2ccccn2)cc1. The van der Waals surface area contributed by atoms with Gasteiger partial charge in [-0.2, -0.15) is 0 Å². The maximum atomic E-state index is 4.34. The molecular weight excluding hydrogens is 280 g/mol. The molecule has 1 aromatic carbocycles. The summed E-state index contributed by atoms with van der Waals surface area (Å²) in [5.41, 5.74) is 2.38. The Morgan fingerprint density at radius 2 is 1.86 bits per heavy atom. The van der Waals surface area contributed by atoms with E-state index in [-0.39, 0.29) is 0 Å². The van der Waals surface area contributed by atoms with Gasteiger partial charge in [-0.1, -0.05) is 48.2 Å². The second-order valence-corrected chi connectivity index (χ2v) is 5.59. The van der Waals surface area contributed by atoms with Crippen LogP contribution in [0.25, 0.3) is 0 Å². The van der Waals surface area contributed by atoms with E-state index in [9.17, 15) is 0 Å². The maximum absolute atomic E-state index is 4.34. The quantitative estimate of drug-likeness (QED) is 0.655. The Labute approximate surface area is 128 Å². The zero-order chi connectivity index (χ0) is 14.3. The summed E-state index contributed by atoms with van der Waals surface area (Å²) in [4.78, 5) is 4.34. The first-order chi connectivity index (χ1) is 10.4. The molecule has 0 radical (unpaired) electrons. The third-order valence-corrected chi connectivity index (χ3v) is 4.18. The number of hydrogen-bond donors (Lipinski definition) is 0. The van der Waals surface area contributed by atoms with Crippen molar-refractivity contribution < 1.29 is 0 Å². The summed E-state index contributed by atoms with van der Waals surface area (Å²) >= 11 is 1.71. The third kappa shape index (κ3) is 3.92. The molecule has 2 heterocycles. The minimum Gasteiger partial charge on any atom is -0.308 e. The largest absolute Gasteiger partial charge is 0.308 e. The smallest absolute Gasteiger partial charge is 0.191 e. The molecule has 0 aliphatic carbocycles. The van der Waals surface area contributed by atoms with E-state index in [0.29, 0.717) is 0 Å². The van der Waals surface area contributed by atoms with Gasteiger partial charge < -0.3 is 4.57 Å². The summed E-state index contributed by atoms with van der Waals surface area (Å²) in [6, 6.07) is 16.4. The number of aryl methyl sites for hydroxylation is 2. The molecule has 21 heavy (non-hydrogen) atoms. The van der Waals surface area contributed by atoms with E-state index < -0.39 is 0 Å². The van der Waals surface area contributed by atoms with Crippen LogP contribution < -0.4 is 0 Å². The number of nitrogens with zero attached hydrogens (tertiary/aromatic N) is 4. The van der Waals surface area contributed by atoms with Gasteiger partial charge >= 0.3 is 0 Å². The fourth-order valence-electron chi connectivity index (χ4n) is 2.01. The molecule has 5 heteroatoms. The van der Waals surface area contributed by atoms with Gasteiger partial charge in [0.15, 0.2) is 5.16 Å². The number of aromatic nitrogens is 4. The molecule has 0 spiro atoms. The molecule has 0 fully saturated rings. The number of benzene rings is 1. The van der Waals surface area contributed by atoms with Crippen LogP contribution >= 0.6 is 11.8 Å². The normalized spacial score (nSPS) is 10.7. The van der Waals surface area contributed by atoms with Crippen molar-refractivity contribution in [1.82, 2.24) is 19.7 Å². The molecule has 0 atom stereocenters. The molecule has 0 saturated carbocycles. The number of pyridine rings is 1. The predicted octanol–water partition coefficient (Wildman–Crippen LogP) is 3.21. The van der Waals surface area contributed by atoms with Crippen LogP contribution in [0, 0.1) is 0 Å². The van der Waals surface area contributed by atoms with Gasteiger partial charge in [0.25, 0.3) is 0 Å². The Morgan fingerprint density at radius 1 is 1.00 bits per heavy atom. The fraction of sp³-hybridized carbons (Fsp3) is 0.188. The van der Waals surface area contributed by atoms with Crippen molar-refractivity contribution in [2.45, 2.75) is 23.9 Å². The van der Waals surface area contributed by atoms with Crippen molar-refractivity contribution >= 4 is 11.8 Å². The van der Waals surface area contributed by atoms with Crippen LogP contribution in [0.3, 0.4) is 0 Å². The van der Waals surface area contributed by atoms with Crippen LogP contribution in [0.5, 0.6) is 0 Å². The Bertz CT molecular complexity index is 609. The predicted molar refractivity (Wildman–Crippen MR) is 84.0 cm³/mol. The molecule has 0 unspecified atom stereocenters. The first-order valence-electron chi connectivity index (χ1n) is 6.86. The van der Waals surface area contributed by atoms with Crippen molar-refractivity contribution in [1.29, 1.82) is 0 Å². The molecule has 3 aromatic rings. The standard InChI is InChI=1S/C16H16N4S/c1-2-6-14(7-3-1)12-21-16-19-18-13-20(16)11-9-15-8-4-5-10-17-15/h1-8,10,13H,9,11-12H2. The number of thioether (sulfide) groups is 1. The Kier molecular flexibility index (Phi) is 4.63. The van der Waals surface area contributed by atoms with Crippen molar-refractivity contribution in [2.75, 3.05) is 0 Å². The highest BCUT2D eigenvalue weighted by Crippen LogP contribution is 2.20. The highest BCUT2D eigenvalue weighted by molar-refractivity contribution is 7.98. The molecule has 0 saturated heterocycles. The zero-order valence-corrected chi connectivity index (χ0v) is 12.4. The van der Waals surface area contributed by atoms with E-state index in [1.54, 1.807) is 18.1 Å². The highest BCUT2D eigenvalue weighted by Gasteiger charge is 2.06. The van der Waals surface area contributed by atoms with Gasteiger partial charge in [-0.25, -0.2) is 0 Å². The summed E-state index contributed by atoms with van der Waals surface area (Å²) in [6.45, 7) is 0.848. The van der Waals surface area contributed by atoms with Crippen LogP contribution in [0.2, 0.25) is 0 Å². The fourth-order valence-corrected chi connectivity index (χ4v) is 2.91. The van der Waals surface area contributed by atoms with E-state index in [2.05, 4.69) is 44.0 Å². The molecule has 0 aliphatic heterocycles. The van der Waals surface area contributed by atoms with E-state index in [0.717, 1.165) is 29.6 Å². The van der Waals surface area contributed by atoms with Gasteiger partial charge in [0.05, 0.1) is 0 Å². The molecule has 3 rings (SSSR count). The summed E-state index contributed by atoms with van der Waals surface area (Å²) in [6.07, 6.45) is 4.50. The molecule has 0 N–H and O–H groups in total. The molecule has 0 aliphatic rings. The van der Waals surface area contributed by atoms with Crippen molar-refractivity contribution in [2.24, 2.45) is 0 Å². The Balaban J connectivity index is 1.59. The molecular formula is C16H16N4S. The topological polar surface area (TPSA) is 43.6 Å². The maximum Gasteiger partial charge on any atom is 0.191 e. The third-order valence-electron chi connectivity index (χ3n) is 3.13. The van der Waals surface area contributed by atoms with Gasteiger partial charge in [-0.3, -0.25) is 4.98 Å². The van der Waals surface area contributed by atoms with Crippen LogP contribution in [0.4, 0.5) is 0 Å². The second-order valence-electron chi connectivity index (χ2n) is 4.65. The van der Waals surface area contributed by atoms with Crippen molar-refractivity contribution in [3.63, 3.8) is 0 Å². The van der Waals surface area contributed by atoms with E-state index in [1.807, 2.05) is 30.5 Å². The number of rotatable bonds is 6. The second kappa shape index (κ2) is 7.04. The molecule has 0 bridgehead atoms. The Morgan fingerprint density at radius 3 is 2.67 bits per heavy atom. The monoisotopic (exact) mass is 296 g/mol. The first kappa shape index (κ1) is 13.8. The first-order valence-corrected chi connectivity index (χ1v) is 7.85. The summed E-state index contributed by atoms with van der Waals surface area (Å²) in [5, 5.41) is 9.17. The van der Waals surface area contributed by atoms with Gasteiger partial charge in [-0.05, 0) is 17.7 Å². The van der Waals surface area contributed by atoms with Crippen LogP contribution in [0.1, 0.15) is 11.3 Å². The summed E-state index contributed by atoms with van der Waals surface area (Å²) < 4.78 is 2.09. The Hall–Kier alpha value is -2.14.